The Balaban J connectivity index is 2.07. The van der Waals surface area contributed by atoms with Gasteiger partial charge in [0.2, 0.25) is 11.6 Å². The Morgan fingerprint density at radius 2 is 2.00 bits per heavy atom. The Bertz CT molecular complexity index is 956. The van der Waals surface area contributed by atoms with Crippen LogP contribution in [0, 0.1) is 0 Å². The van der Waals surface area contributed by atoms with Crippen molar-refractivity contribution in [2.45, 2.75) is 0 Å². The smallest absolute Gasteiger partial charge is 0.240 e. The number of fused-ring (bicyclic) bond motifs is 2. The van der Waals surface area contributed by atoms with Crippen molar-refractivity contribution in [2.75, 3.05) is 12.8 Å². The lowest BCUT2D eigenvalue weighted by atomic mass is 10.3. The first-order chi connectivity index (χ1) is 10.3. The van der Waals surface area contributed by atoms with Gasteiger partial charge in [0.15, 0.2) is 11.6 Å². The second-order valence-electron chi connectivity index (χ2n) is 4.46. The molecular weight excluding hydrogens is 270 g/mol. The van der Waals surface area contributed by atoms with E-state index in [0.29, 0.717) is 17.2 Å². The first-order valence-electron chi connectivity index (χ1n) is 6.28. The minimum Gasteiger partial charge on any atom is -0.493 e. The van der Waals surface area contributed by atoms with Crippen LogP contribution in [0.15, 0.2) is 36.4 Å². The number of ether oxygens (including phenoxy) is 1. The van der Waals surface area contributed by atoms with Crippen LogP contribution in [-0.4, -0.2) is 36.7 Å². The standard InChI is InChI=1S/C13H11N7O/c1-21-10-6-7-11(20-12(10)15-13(14)17-20)19-9-5-3-2-4-8(9)16-18-19/h2-7H,1H3,(H2,14,17). The third-order valence-corrected chi connectivity index (χ3v) is 3.23. The summed E-state index contributed by atoms with van der Waals surface area (Å²) in [6.07, 6.45) is 0. The lowest BCUT2D eigenvalue weighted by Crippen LogP contribution is -2.06. The number of anilines is 1. The Hall–Kier alpha value is -3.16. The summed E-state index contributed by atoms with van der Waals surface area (Å²) >= 11 is 0. The quantitative estimate of drug-likeness (QED) is 0.590. The van der Waals surface area contributed by atoms with E-state index in [2.05, 4.69) is 20.4 Å². The summed E-state index contributed by atoms with van der Waals surface area (Å²) in [6.45, 7) is 0. The molecule has 0 saturated heterocycles. The van der Waals surface area contributed by atoms with Crippen LogP contribution >= 0.6 is 0 Å². The lowest BCUT2D eigenvalue weighted by Gasteiger charge is -2.07. The Morgan fingerprint density at radius 3 is 2.86 bits per heavy atom. The molecule has 8 heteroatoms. The largest absolute Gasteiger partial charge is 0.493 e. The molecule has 0 unspecified atom stereocenters. The molecule has 3 heterocycles. The maximum absolute atomic E-state index is 5.71. The zero-order valence-corrected chi connectivity index (χ0v) is 11.1. The number of para-hydroxylation sites is 1. The van der Waals surface area contributed by atoms with Crippen LogP contribution in [0.2, 0.25) is 0 Å². The highest BCUT2D eigenvalue weighted by Gasteiger charge is 2.14. The van der Waals surface area contributed by atoms with E-state index >= 15 is 0 Å². The van der Waals surface area contributed by atoms with Gasteiger partial charge < -0.3 is 10.5 Å². The van der Waals surface area contributed by atoms with Crippen LogP contribution in [-0.2, 0) is 0 Å². The van der Waals surface area contributed by atoms with Gasteiger partial charge in [0.1, 0.15) is 5.52 Å². The summed E-state index contributed by atoms with van der Waals surface area (Å²) in [5.74, 6) is 1.45. The molecule has 4 aromatic rings. The number of nitrogens with two attached hydrogens (primary N) is 1. The molecule has 3 aromatic heterocycles. The number of hydrogen-bond donors (Lipinski definition) is 1. The molecule has 0 bridgehead atoms. The predicted octanol–water partition coefficient (Wildman–Crippen LogP) is 1.05. The van der Waals surface area contributed by atoms with E-state index in [9.17, 15) is 0 Å². The molecule has 0 fully saturated rings. The molecule has 0 saturated carbocycles. The minimum absolute atomic E-state index is 0.171. The van der Waals surface area contributed by atoms with E-state index in [4.69, 9.17) is 10.5 Å². The fourth-order valence-electron chi connectivity index (χ4n) is 2.30. The maximum Gasteiger partial charge on any atom is 0.240 e. The first kappa shape index (κ1) is 11.6. The van der Waals surface area contributed by atoms with Crippen LogP contribution in [0.4, 0.5) is 5.95 Å². The third kappa shape index (κ3) is 1.62. The van der Waals surface area contributed by atoms with Crippen molar-refractivity contribution in [3.63, 3.8) is 0 Å². The van der Waals surface area contributed by atoms with E-state index < -0.39 is 0 Å². The van der Waals surface area contributed by atoms with E-state index in [0.717, 1.165) is 11.0 Å². The highest BCUT2D eigenvalue weighted by molar-refractivity contribution is 5.76. The third-order valence-electron chi connectivity index (χ3n) is 3.23. The molecule has 2 N–H and O–H groups in total. The van der Waals surface area contributed by atoms with Crippen LogP contribution in [0.1, 0.15) is 0 Å². The van der Waals surface area contributed by atoms with Gasteiger partial charge in [0.25, 0.3) is 0 Å². The van der Waals surface area contributed by atoms with Crippen molar-refractivity contribution < 1.29 is 4.74 Å². The van der Waals surface area contributed by atoms with Gasteiger partial charge in [0.05, 0.1) is 12.6 Å². The zero-order chi connectivity index (χ0) is 14.4. The maximum atomic E-state index is 5.71. The second kappa shape index (κ2) is 4.17. The number of methoxy groups -OCH3 is 1. The summed E-state index contributed by atoms with van der Waals surface area (Å²) in [5.41, 5.74) is 7.91. The topological polar surface area (TPSA) is 96.1 Å². The number of hydrogen-bond acceptors (Lipinski definition) is 6. The average Bonchev–Trinajstić information content (AvgIpc) is 3.09. The molecule has 0 aliphatic rings. The number of benzene rings is 1. The molecular formula is C13H11N7O. The van der Waals surface area contributed by atoms with E-state index in [1.165, 1.54) is 0 Å². The van der Waals surface area contributed by atoms with Gasteiger partial charge in [-0.25, -0.2) is 0 Å². The van der Waals surface area contributed by atoms with Crippen LogP contribution < -0.4 is 10.5 Å². The van der Waals surface area contributed by atoms with Crippen molar-refractivity contribution in [1.29, 1.82) is 0 Å². The molecule has 21 heavy (non-hydrogen) atoms. The van der Waals surface area contributed by atoms with Gasteiger partial charge in [-0.1, -0.05) is 17.3 Å². The molecule has 0 atom stereocenters. The normalized spacial score (nSPS) is 11.3. The Labute approximate surface area is 118 Å². The van der Waals surface area contributed by atoms with Crippen molar-refractivity contribution in [2.24, 2.45) is 0 Å². The SMILES string of the molecule is COc1ccc(-n2nnc3ccccc32)n2nc(N)nc12. The van der Waals surface area contributed by atoms with Crippen LogP contribution in [0.3, 0.4) is 0 Å². The number of nitrogen functional groups attached to an aromatic ring is 1. The van der Waals surface area contributed by atoms with Gasteiger partial charge in [0, 0.05) is 0 Å². The fourth-order valence-corrected chi connectivity index (χ4v) is 2.30. The molecule has 1 aromatic carbocycles. The van der Waals surface area contributed by atoms with Crippen molar-refractivity contribution in [3.05, 3.63) is 36.4 Å². The Morgan fingerprint density at radius 1 is 1.14 bits per heavy atom. The highest BCUT2D eigenvalue weighted by atomic mass is 16.5. The summed E-state index contributed by atoms with van der Waals surface area (Å²) in [6, 6.07) is 11.3. The second-order valence-corrected chi connectivity index (χ2v) is 4.46. The number of aromatic nitrogens is 6. The number of rotatable bonds is 2. The molecule has 0 spiro atoms. The summed E-state index contributed by atoms with van der Waals surface area (Å²) < 4.78 is 8.56. The molecule has 0 radical (unpaired) electrons. The van der Waals surface area contributed by atoms with Gasteiger partial charge in [-0.2, -0.15) is 14.2 Å². The summed E-state index contributed by atoms with van der Waals surface area (Å²) in [7, 11) is 1.57. The van der Waals surface area contributed by atoms with Crippen molar-refractivity contribution in [3.8, 4) is 11.6 Å². The lowest BCUT2D eigenvalue weighted by molar-refractivity contribution is 0.416. The van der Waals surface area contributed by atoms with Crippen LogP contribution in [0.25, 0.3) is 22.5 Å². The molecule has 104 valence electrons. The number of pyridine rings is 1. The fraction of sp³-hybridized carbons (Fsp3) is 0.0769. The highest BCUT2D eigenvalue weighted by Crippen LogP contribution is 2.23. The molecule has 0 aliphatic carbocycles. The van der Waals surface area contributed by atoms with Gasteiger partial charge in [-0.15, -0.1) is 10.2 Å². The predicted molar refractivity (Wildman–Crippen MR) is 76.4 cm³/mol. The van der Waals surface area contributed by atoms with Gasteiger partial charge >= 0.3 is 0 Å². The van der Waals surface area contributed by atoms with Gasteiger partial charge in [-0.05, 0) is 24.3 Å². The minimum atomic E-state index is 0.171. The molecule has 0 aliphatic heterocycles. The summed E-state index contributed by atoms with van der Waals surface area (Å²) in [4.78, 5) is 4.18. The van der Waals surface area contributed by atoms with Crippen LogP contribution in [0.5, 0.6) is 5.75 Å². The average molecular weight is 281 g/mol. The molecule has 4 rings (SSSR count). The monoisotopic (exact) mass is 281 g/mol. The van der Waals surface area contributed by atoms with E-state index in [-0.39, 0.29) is 5.95 Å². The van der Waals surface area contributed by atoms with Gasteiger partial charge in [-0.3, -0.25) is 0 Å². The first-order valence-corrected chi connectivity index (χ1v) is 6.28. The molecule has 8 nitrogen and oxygen atoms in total. The summed E-state index contributed by atoms with van der Waals surface area (Å²) in [5, 5.41) is 12.5. The number of nitrogens with zero attached hydrogens (tertiary/aromatic N) is 6. The van der Waals surface area contributed by atoms with E-state index in [1.54, 1.807) is 22.4 Å². The Kier molecular flexibility index (Phi) is 2.31. The van der Waals surface area contributed by atoms with E-state index in [1.807, 2.05) is 30.3 Å². The zero-order valence-electron chi connectivity index (χ0n) is 11.1. The molecule has 0 amide bonds. The van der Waals surface area contributed by atoms with Crippen molar-refractivity contribution in [1.82, 2.24) is 29.6 Å². The van der Waals surface area contributed by atoms with Crippen molar-refractivity contribution >= 4 is 22.6 Å².